The van der Waals surface area contributed by atoms with E-state index in [9.17, 15) is 31.5 Å². The Bertz CT molecular complexity index is 1840. The maximum Gasteiger partial charge on any atom is 0.573 e. The van der Waals surface area contributed by atoms with E-state index in [1.54, 1.807) is 32.0 Å². The lowest BCUT2D eigenvalue weighted by atomic mass is 10.0. The van der Waals surface area contributed by atoms with E-state index in [1.165, 1.54) is 40.2 Å². The van der Waals surface area contributed by atoms with Crippen molar-refractivity contribution < 1.29 is 36.3 Å². The van der Waals surface area contributed by atoms with Crippen molar-refractivity contribution in [2.75, 3.05) is 11.4 Å². The fraction of sp³-hybridized carbons (Fsp3) is 0.281. The topological polar surface area (TPSA) is 114 Å². The molecule has 6 rings (SSSR count). The number of hydrogen-bond acceptors (Lipinski definition) is 6. The van der Waals surface area contributed by atoms with Gasteiger partial charge in [-0.3, -0.25) is 10.1 Å². The van der Waals surface area contributed by atoms with Crippen LogP contribution < -0.4 is 20.3 Å². The second-order valence-corrected chi connectivity index (χ2v) is 11.4. The molecule has 2 heterocycles. The van der Waals surface area contributed by atoms with Gasteiger partial charge < -0.3 is 10.1 Å². The molecule has 2 N–H and O–H groups in total. The smallest absolute Gasteiger partial charge is 0.406 e. The second-order valence-electron chi connectivity index (χ2n) is 11.4. The Kier molecular flexibility index (Phi) is 8.15. The van der Waals surface area contributed by atoms with Gasteiger partial charge in [0.25, 0.3) is 11.8 Å². The van der Waals surface area contributed by atoms with Gasteiger partial charge in [-0.2, -0.15) is 0 Å². The van der Waals surface area contributed by atoms with Crippen LogP contribution >= 0.6 is 0 Å². The molecule has 0 saturated heterocycles. The van der Waals surface area contributed by atoms with Crippen LogP contribution in [0.2, 0.25) is 0 Å². The minimum atomic E-state index is -4.78. The van der Waals surface area contributed by atoms with Crippen LogP contribution in [-0.2, 0) is 11.2 Å². The molecule has 1 aliphatic heterocycles. The molecular formula is C32H28F5N7O3. The Morgan fingerprint density at radius 1 is 1.09 bits per heavy atom. The lowest BCUT2D eigenvalue weighted by Crippen LogP contribution is -2.50. The third-order valence-electron chi connectivity index (χ3n) is 7.64. The van der Waals surface area contributed by atoms with Crippen molar-refractivity contribution in [3.63, 3.8) is 0 Å². The molecule has 10 nitrogen and oxygen atoms in total. The van der Waals surface area contributed by atoms with E-state index in [2.05, 4.69) is 30.4 Å². The number of carbonyl (C=O) groups is 2. The summed E-state index contributed by atoms with van der Waals surface area (Å²) < 4.78 is 70.5. The Morgan fingerprint density at radius 2 is 1.79 bits per heavy atom. The number of aliphatic imine (C=N–C) groups is 1. The number of urea groups is 1. The summed E-state index contributed by atoms with van der Waals surface area (Å²) in [4.78, 5) is 35.3. The van der Waals surface area contributed by atoms with Crippen molar-refractivity contribution in [1.29, 1.82) is 0 Å². The zero-order chi connectivity index (χ0) is 33.5. The average molecular weight is 654 g/mol. The van der Waals surface area contributed by atoms with Crippen LogP contribution in [0.5, 0.6) is 5.75 Å². The van der Waals surface area contributed by atoms with Gasteiger partial charge in [-0.25, -0.2) is 33.1 Å². The first-order valence-corrected chi connectivity index (χ1v) is 14.6. The first kappa shape index (κ1) is 31.6. The summed E-state index contributed by atoms with van der Waals surface area (Å²) in [5.41, 5.74) is 3.48. The quantitative estimate of drug-likeness (QED) is 0.230. The Labute approximate surface area is 265 Å². The van der Waals surface area contributed by atoms with Crippen molar-refractivity contribution in [3.8, 4) is 22.8 Å². The third-order valence-corrected chi connectivity index (χ3v) is 7.64. The van der Waals surface area contributed by atoms with Crippen molar-refractivity contribution in [3.05, 3.63) is 89.7 Å². The first-order chi connectivity index (χ1) is 22.3. The number of amides is 3. The van der Waals surface area contributed by atoms with E-state index >= 15 is 0 Å². The molecule has 0 bridgehead atoms. The lowest BCUT2D eigenvalue weighted by Gasteiger charge is -2.23. The highest BCUT2D eigenvalue weighted by Crippen LogP contribution is 2.57. The van der Waals surface area contributed by atoms with Crippen LogP contribution in [0.25, 0.3) is 17.1 Å². The van der Waals surface area contributed by atoms with Gasteiger partial charge in [0, 0.05) is 18.0 Å². The molecule has 1 aliphatic carbocycles. The molecule has 47 heavy (non-hydrogen) atoms. The van der Waals surface area contributed by atoms with Gasteiger partial charge in [-0.05, 0) is 67.3 Å². The van der Waals surface area contributed by atoms with Crippen molar-refractivity contribution in [2.45, 2.75) is 50.9 Å². The van der Waals surface area contributed by atoms with Crippen LogP contribution in [-0.4, -0.2) is 57.5 Å². The van der Waals surface area contributed by atoms with Crippen molar-refractivity contribution in [1.82, 2.24) is 25.4 Å². The van der Waals surface area contributed by atoms with Gasteiger partial charge in [0.2, 0.25) is 5.96 Å². The van der Waals surface area contributed by atoms with Gasteiger partial charge >= 0.3 is 12.4 Å². The number of anilines is 1. The minimum Gasteiger partial charge on any atom is -0.406 e. The maximum atomic E-state index is 13.9. The first-order valence-electron chi connectivity index (χ1n) is 14.6. The Balaban J connectivity index is 1.05. The van der Waals surface area contributed by atoms with Crippen molar-refractivity contribution in [2.24, 2.45) is 4.99 Å². The number of nitrogens with one attached hydrogen (secondary N) is 2. The number of hydrogen-bond donors (Lipinski definition) is 2. The fourth-order valence-electron chi connectivity index (χ4n) is 5.31. The standard InChI is InChI=1S/C32H28F5N7O3/c1-18-3-12-24(25-15-31(25,33)34)26(13-18)44-27(45)16-38-29(44)41-30(46)40-19(2)14-20-4-6-21(7-5-20)28-39-17-43(42-28)22-8-10-23(11-9-22)47-32(35,36)37/h3-13,17,19,25H,14-16H2,1-2H3,(H2,38,40,41,46). The van der Waals surface area contributed by atoms with Gasteiger partial charge in [0.15, 0.2) is 5.82 Å². The predicted molar refractivity (Wildman–Crippen MR) is 162 cm³/mol. The average Bonchev–Trinajstić information content (AvgIpc) is 3.30. The van der Waals surface area contributed by atoms with E-state index in [4.69, 9.17) is 0 Å². The summed E-state index contributed by atoms with van der Waals surface area (Å²) in [7, 11) is 0. The Hall–Kier alpha value is -5.34. The summed E-state index contributed by atoms with van der Waals surface area (Å²) in [6, 6.07) is 16.5. The number of nitrogens with zero attached hydrogens (tertiary/aromatic N) is 5. The van der Waals surface area contributed by atoms with E-state index < -0.39 is 30.1 Å². The molecule has 4 aromatic rings. The number of benzene rings is 3. The summed E-state index contributed by atoms with van der Waals surface area (Å²) in [5, 5.41) is 9.81. The molecular weight excluding hydrogens is 625 g/mol. The van der Waals surface area contributed by atoms with Gasteiger partial charge in [0.05, 0.1) is 17.3 Å². The fourth-order valence-corrected chi connectivity index (χ4v) is 5.31. The molecule has 244 valence electrons. The monoisotopic (exact) mass is 653 g/mol. The molecule has 2 aliphatic rings. The van der Waals surface area contributed by atoms with E-state index in [0.717, 1.165) is 11.1 Å². The third kappa shape index (κ3) is 7.23. The highest BCUT2D eigenvalue weighted by molar-refractivity contribution is 6.23. The Morgan fingerprint density at radius 3 is 2.45 bits per heavy atom. The zero-order valence-electron chi connectivity index (χ0n) is 25.1. The van der Waals surface area contributed by atoms with Gasteiger partial charge in [-0.1, -0.05) is 36.4 Å². The van der Waals surface area contributed by atoms with Crippen molar-refractivity contribution >= 4 is 23.6 Å². The number of carbonyl (C=O) groups excluding carboxylic acids is 2. The summed E-state index contributed by atoms with van der Waals surface area (Å²) in [5.74, 6) is -4.25. The zero-order valence-corrected chi connectivity index (χ0v) is 25.1. The lowest BCUT2D eigenvalue weighted by molar-refractivity contribution is -0.274. The molecule has 2 unspecified atom stereocenters. The largest absolute Gasteiger partial charge is 0.573 e. The molecule has 1 fully saturated rings. The number of halogens is 5. The summed E-state index contributed by atoms with van der Waals surface area (Å²) in [6.45, 7) is 3.37. The SMILES string of the molecule is Cc1ccc(C2CC2(F)F)c(N2C(=O)CN=C2NC(=O)NC(C)Cc2ccc(-c3ncn(-c4ccc(OC(F)(F)F)cc4)n3)cc2)c1. The number of guanidine groups is 1. The highest BCUT2D eigenvalue weighted by atomic mass is 19.4. The van der Waals surface area contributed by atoms with E-state index in [0.29, 0.717) is 29.1 Å². The minimum absolute atomic E-state index is 0.0302. The van der Waals surface area contributed by atoms with Gasteiger partial charge in [-0.15, -0.1) is 18.3 Å². The maximum absolute atomic E-state index is 13.9. The van der Waals surface area contributed by atoms with Gasteiger partial charge in [0.1, 0.15) is 18.6 Å². The van der Waals surface area contributed by atoms with Crippen LogP contribution in [0.1, 0.15) is 36.0 Å². The van der Waals surface area contributed by atoms with E-state index in [1.807, 2.05) is 24.3 Å². The summed E-state index contributed by atoms with van der Waals surface area (Å²) >= 11 is 0. The molecule has 15 heteroatoms. The van der Waals surface area contributed by atoms with Crippen LogP contribution in [0.4, 0.5) is 32.4 Å². The van der Waals surface area contributed by atoms with Crippen LogP contribution in [0, 0.1) is 6.92 Å². The number of aromatic nitrogens is 3. The molecule has 1 saturated carbocycles. The van der Waals surface area contributed by atoms with E-state index in [-0.39, 0.29) is 36.4 Å². The summed E-state index contributed by atoms with van der Waals surface area (Å²) in [6.07, 6.45) is -3.18. The molecule has 0 spiro atoms. The molecule has 3 aromatic carbocycles. The number of ether oxygens (including phenoxy) is 1. The molecule has 1 aromatic heterocycles. The normalized spacial score (nSPS) is 17.7. The predicted octanol–water partition coefficient (Wildman–Crippen LogP) is 5.90. The highest BCUT2D eigenvalue weighted by Gasteiger charge is 2.58. The number of rotatable bonds is 8. The number of alkyl halides is 5. The molecule has 3 amide bonds. The van der Waals surface area contributed by atoms with Crippen LogP contribution in [0.15, 0.2) is 78.0 Å². The second kappa shape index (κ2) is 12.1. The molecule has 2 atom stereocenters. The van der Waals surface area contributed by atoms with Crippen LogP contribution in [0.3, 0.4) is 0 Å². The number of aryl methyl sites for hydroxylation is 1. The molecule has 0 radical (unpaired) electrons.